The van der Waals surface area contributed by atoms with Gasteiger partial charge in [0.15, 0.2) is 6.61 Å². The quantitative estimate of drug-likeness (QED) is 0.669. The molecule has 1 fully saturated rings. The second-order valence-corrected chi connectivity index (χ2v) is 9.24. The average Bonchev–Trinajstić information content (AvgIpc) is 3.21. The molecule has 0 unspecified atom stereocenters. The molecule has 8 heteroatoms. The van der Waals surface area contributed by atoms with Gasteiger partial charge >= 0.3 is 0 Å². The first-order valence-corrected chi connectivity index (χ1v) is 11.4. The Bertz CT molecular complexity index is 1010. The van der Waals surface area contributed by atoms with E-state index < -0.39 is 10.0 Å². The number of aryl methyl sites for hydroxylation is 3. The van der Waals surface area contributed by atoms with Crippen LogP contribution in [0.25, 0.3) is 0 Å². The summed E-state index contributed by atoms with van der Waals surface area (Å²) in [6.45, 7) is 6.72. The topological polar surface area (TPSA) is 93.7 Å². The molecule has 0 aliphatic carbocycles. The van der Waals surface area contributed by atoms with Gasteiger partial charge in [-0.25, -0.2) is 8.42 Å². The largest absolute Gasteiger partial charge is 0.484 e. The molecule has 7 nitrogen and oxygen atoms in total. The first kappa shape index (κ1) is 22.1. The summed E-state index contributed by atoms with van der Waals surface area (Å²) in [5, 5.41) is 2.79. The summed E-state index contributed by atoms with van der Waals surface area (Å²) >= 11 is 0. The second kappa shape index (κ2) is 9.49. The van der Waals surface area contributed by atoms with E-state index in [1.165, 1.54) is 12.1 Å². The zero-order chi connectivity index (χ0) is 21.7. The summed E-state index contributed by atoms with van der Waals surface area (Å²) in [5.74, 6) is 0.227. The summed E-state index contributed by atoms with van der Waals surface area (Å²) < 4.78 is 39.0. The highest BCUT2D eigenvalue weighted by atomic mass is 32.2. The molecule has 0 spiro atoms. The van der Waals surface area contributed by atoms with Gasteiger partial charge in [-0.3, -0.25) is 9.52 Å². The maximum Gasteiger partial charge on any atom is 0.261 e. The number of nitrogens with one attached hydrogen (secondary N) is 2. The molecule has 1 heterocycles. The Morgan fingerprint density at radius 1 is 1.10 bits per heavy atom. The van der Waals surface area contributed by atoms with Crippen molar-refractivity contribution in [1.29, 1.82) is 0 Å². The number of sulfonamides is 1. The lowest BCUT2D eigenvalue weighted by atomic mass is 10.1. The number of anilines is 1. The van der Waals surface area contributed by atoms with Crippen molar-refractivity contribution >= 4 is 21.6 Å². The molecule has 30 heavy (non-hydrogen) atoms. The molecule has 0 aromatic heterocycles. The van der Waals surface area contributed by atoms with Gasteiger partial charge < -0.3 is 14.8 Å². The van der Waals surface area contributed by atoms with E-state index in [2.05, 4.69) is 10.0 Å². The van der Waals surface area contributed by atoms with Crippen LogP contribution in [0.3, 0.4) is 0 Å². The Kier molecular flexibility index (Phi) is 6.99. The number of hydrogen-bond acceptors (Lipinski definition) is 5. The highest BCUT2D eigenvalue weighted by Crippen LogP contribution is 2.24. The summed E-state index contributed by atoms with van der Waals surface area (Å²) in [6.07, 6.45) is 2.04. The predicted octanol–water partition coefficient (Wildman–Crippen LogP) is 3.09. The third kappa shape index (κ3) is 5.73. The first-order chi connectivity index (χ1) is 14.2. The number of rotatable bonds is 8. The average molecular weight is 433 g/mol. The summed E-state index contributed by atoms with van der Waals surface area (Å²) in [4.78, 5) is 12.1. The first-order valence-electron chi connectivity index (χ1n) is 9.96. The van der Waals surface area contributed by atoms with Crippen molar-refractivity contribution in [3.63, 3.8) is 0 Å². The van der Waals surface area contributed by atoms with Crippen LogP contribution in [0.5, 0.6) is 5.75 Å². The lowest BCUT2D eigenvalue weighted by molar-refractivity contribution is -0.123. The second-order valence-electron chi connectivity index (χ2n) is 7.56. The number of carbonyl (C=O) groups is 1. The highest BCUT2D eigenvalue weighted by molar-refractivity contribution is 7.92. The molecule has 2 aromatic carbocycles. The fourth-order valence-corrected chi connectivity index (χ4v) is 4.33. The Balaban J connectivity index is 1.59. The number of carbonyl (C=O) groups excluding carboxylic acids is 1. The van der Waals surface area contributed by atoms with E-state index in [9.17, 15) is 13.2 Å². The van der Waals surface area contributed by atoms with Crippen LogP contribution in [-0.2, 0) is 19.6 Å². The zero-order valence-corrected chi connectivity index (χ0v) is 18.3. The molecule has 0 saturated carbocycles. The number of hydrogen-bond donors (Lipinski definition) is 2. The van der Waals surface area contributed by atoms with E-state index in [-0.39, 0.29) is 23.5 Å². The third-order valence-corrected chi connectivity index (χ3v) is 6.50. The molecule has 2 aromatic rings. The minimum absolute atomic E-state index is 0.0741. The molecular weight excluding hydrogens is 404 g/mol. The zero-order valence-electron chi connectivity index (χ0n) is 17.5. The van der Waals surface area contributed by atoms with Gasteiger partial charge in [-0.1, -0.05) is 6.07 Å². The summed E-state index contributed by atoms with van der Waals surface area (Å²) in [7, 11) is -3.73. The summed E-state index contributed by atoms with van der Waals surface area (Å²) in [6, 6.07) is 9.97. The van der Waals surface area contributed by atoms with E-state index in [0.717, 1.165) is 30.6 Å². The SMILES string of the molecule is Cc1ccc(NS(=O)(=O)c2ccc(OCC(=O)NC[C@H]3CCCO3)c(C)c2)cc1C. The normalized spacial score (nSPS) is 16.3. The molecule has 2 N–H and O–H groups in total. The smallest absolute Gasteiger partial charge is 0.261 e. The molecule has 0 bridgehead atoms. The molecule has 162 valence electrons. The maximum absolute atomic E-state index is 12.7. The predicted molar refractivity (Wildman–Crippen MR) is 115 cm³/mol. The molecule has 1 saturated heterocycles. The van der Waals surface area contributed by atoms with Gasteiger partial charge in [-0.2, -0.15) is 0 Å². The number of ether oxygens (including phenoxy) is 2. The van der Waals surface area contributed by atoms with Crippen LogP contribution in [0.15, 0.2) is 41.3 Å². The van der Waals surface area contributed by atoms with E-state index in [1.807, 2.05) is 19.9 Å². The number of amides is 1. The van der Waals surface area contributed by atoms with Gasteiger partial charge in [-0.05, 0) is 80.6 Å². The Labute approximate surface area is 177 Å². The van der Waals surface area contributed by atoms with Crippen LogP contribution in [0.2, 0.25) is 0 Å². The fraction of sp³-hybridized carbons (Fsp3) is 0.409. The monoisotopic (exact) mass is 432 g/mol. The molecule has 3 rings (SSSR count). The molecule has 1 atom stereocenters. The fourth-order valence-electron chi connectivity index (χ4n) is 3.20. The standard InChI is InChI=1S/C22H28N2O5S/c1-15-6-7-18(11-16(15)2)24-30(26,27)20-8-9-21(17(3)12-20)29-14-22(25)23-13-19-5-4-10-28-19/h6-9,11-12,19,24H,4-5,10,13-14H2,1-3H3,(H,23,25)/t19-/m1/s1. The van der Waals surface area contributed by atoms with E-state index >= 15 is 0 Å². The van der Waals surface area contributed by atoms with Crippen LogP contribution >= 0.6 is 0 Å². The summed E-state index contributed by atoms with van der Waals surface area (Å²) in [5.41, 5.74) is 3.24. The van der Waals surface area contributed by atoms with Crippen molar-refractivity contribution in [2.45, 2.75) is 44.6 Å². The van der Waals surface area contributed by atoms with Gasteiger partial charge in [0.2, 0.25) is 0 Å². The van der Waals surface area contributed by atoms with Crippen LogP contribution in [0, 0.1) is 20.8 Å². The lowest BCUT2D eigenvalue weighted by Crippen LogP contribution is -2.35. The van der Waals surface area contributed by atoms with Crippen LogP contribution in [0.4, 0.5) is 5.69 Å². The Hall–Kier alpha value is -2.58. The minimum Gasteiger partial charge on any atom is -0.484 e. The van der Waals surface area contributed by atoms with Crippen LogP contribution in [0.1, 0.15) is 29.5 Å². The van der Waals surface area contributed by atoms with Gasteiger partial charge in [0.05, 0.1) is 11.0 Å². The van der Waals surface area contributed by atoms with Gasteiger partial charge in [0.25, 0.3) is 15.9 Å². The Morgan fingerprint density at radius 3 is 2.57 bits per heavy atom. The molecular formula is C22H28N2O5S. The Morgan fingerprint density at radius 2 is 1.90 bits per heavy atom. The van der Waals surface area contributed by atoms with E-state index in [0.29, 0.717) is 23.5 Å². The van der Waals surface area contributed by atoms with Crippen molar-refractivity contribution < 1.29 is 22.7 Å². The number of benzene rings is 2. The van der Waals surface area contributed by atoms with Crippen LogP contribution < -0.4 is 14.8 Å². The van der Waals surface area contributed by atoms with Crippen molar-refractivity contribution in [1.82, 2.24) is 5.32 Å². The maximum atomic E-state index is 12.7. The van der Waals surface area contributed by atoms with Gasteiger partial charge in [-0.15, -0.1) is 0 Å². The van der Waals surface area contributed by atoms with Crippen molar-refractivity contribution in [2.75, 3.05) is 24.5 Å². The van der Waals surface area contributed by atoms with Crippen molar-refractivity contribution in [3.8, 4) is 5.75 Å². The van der Waals surface area contributed by atoms with Crippen molar-refractivity contribution in [2.24, 2.45) is 0 Å². The minimum atomic E-state index is -3.73. The molecule has 1 aliphatic rings. The van der Waals surface area contributed by atoms with Crippen LogP contribution in [-0.4, -0.2) is 40.2 Å². The third-order valence-electron chi connectivity index (χ3n) is 5.13. The molecule has 1 amide bonds. The van der Waals surface area contributed by atoms with E-state index in [1.54, 1.807) is 25.1 Å². The molecule has 1 aliphatic heterocycles. The van der Waals surface area contributed by atoms with Crippen molar-refractivity contribution in [3.05, 3.63) is 53.1 Å². The highest BCUT2D eigenvalue weighted by Gasteiger charge is 2.18. The van der Waals surface area contributed by atoms with Gasteiger partial charge in [0, 0.05) is 18.8 Å². The molecule has 0 radical (unpaired) electrons. The van der Waals surface area contributed by atoms with Gasteiger partial charge in [0.1, 0.15) is 5.75 Å². The van der Waals surface area contributed by atoms with E-state index in [4.69, 9.17) is 9.47 Å². The lowest BCUT2D eigenvalue weighted by Gasteiger charge is -2.14.